The van der Waals surface area contributed by atoms with Gasteiger partial charge in [-0.05, 0) is 31.0 Å². The van der Waals surface area contributed by atoms with Crippen LogP contribution >= 0.6 is 0 Å². The molecule has 3 heterocycles. The first-order valence-electron chi connectivity index (χ1n) is 9.40. The predicted molar refractivity (Wildman–Crippen MR) is 106 cm³/mol. The number of rotatable bonds is 3. The highest BCUT2D eigenvalue weighted by Gasteiger charge is 2.32. The number of nitrogens with one attached hydrogen (secondary N) is 1. The summed E-state index contributed by atoms with van der Waals surface area (Å²) in [5.41, 5.74) is 1.61. The summed E-state index contributed by atoms with van der Waals surface area (Å²) in [5.74, 6) is 0.679. The fourth-order valence-electron chi connectivity index (χ4n) is 3.94. The molecule has 1 aliphatic rings. The van der Waals surface area contributed by atoms with Gasteiger partial charge in [-0.3, -0.25) is 9.59 Å². The number of carbonyl (C=O) groups excluding carboxylic acids is 1. The van der Waals surface area contributed by atoms with Gasteiger partial charge in [0.25, 0.3) is 5.56 Å². The van der Waals surface area contributed by atoms with Gasteiger partial charge in [-0.1, -0.05) is 30.3 Å². The largest absolute Gasteiger partial charge is 0.340 e. The Morgan fingerprint density at radius 3 is 2.86 bits per heavy atom. The maximum Gasteiger partial charge on any atom is 0.275 e. The van der Waals surface area contributed by atoms with Crippen LogP contribution in [-0.2, 0) is 11.3 Å². The van der Waals surface area contributed by atoms with E-state index >= 15 is 0 Å². The van der Waals surface area contributed by atoms with Crippen molar-refractivity contribution in [3.05, 3.63) is 70.9 Å². The van der Waals surface area contributed by atoms with Gasteiger partial charge in [-0.15, -0.1) is 0 Å². The van der Waals surface area contributed by atoms with Crippen LogP contribution < -0.4 is 5.56 Å². The van der Waals surface area contributed by atoms with Gasteiger partial charge in [0.1, 0.15) is 12.4 Å². The fourth-order valence-corrected chi connectivity index (χ4v) is 3.94. The molecule has 28 heavy (non-hydrogen) atoms. The second-order valence-electron chi connectivity index (χ2n) is 7.08. The van der Waals surface area contributed by atoms with E-state index in [1.807, 2.05) is 42.5 Å². The summed E-state index contributed by atoms with van der Waals surface area (Å²) in [6.07, 6.45) is 3.39. The molecule has 0 aliphatic carbocycles. The maximum absolute atomic E-state index is 13.0. The first-order chi connectivity index (χ1) is 13.7. The van der Waals surface area contributed by atoms with Gasteiger partial charge < -0.3 is 9.88 Å². The number of aromatic nitrogens is 4. The Morgan fingerprint density at radius 2 is 1.96 bits per heavy atom. The standard InChI is InChI=1S/C21H19N5O2/c27-19(13-26-21(28)15-7-2-1-6-14(15)12-22-26)25-11-5-10-18(25)20-23-16-8-3-4-9-17(16)24-20/h1-4,6-9,12,18H,5,10-11,13H2,(H,23,24)/t18-/m1/s1. The van der Waals surface area contributed by atoms with Crippen LogP contribution in [0.25, 0.3) is 21.8 Å². The van der Waals surface area contributed by atoms with Crippen molar-refractivity contribution in [3.63, 3.8) is 0 Å². The van der Waals surface area contributed by atoms with Crippen LogP contribution in [0.3, 0.4) is 0 Å². The number of amides is 1. The molecule has 7 nitrogen and oxygen atoms in total. The number of hydrogen-bond donors (Lipinski definition) is 1. The van der Waals surface area contributed by atoms with Crippen LogP contribution in [0, 0.1) is 0 Å². The number of imidazole rings is 1. The van der Waals surface area contributed by atoms with E-state index in [1.54, 1.807) is 17.2 Å². The lowest BCUT2D eigenvalue weighted by molar-refractivity contribution is -0.133. The Balaban J connectivity index is 1.43. The van der Waals surface area contributed by atoms with E-state index in [-0.39, 0.29) is 24.1 Å². The third-order valence-electron chi connectivity index (χ3n) is 5.34. The predicted octanol–water partition coefficient (Wildman–Crippen LogP) is 2.64. The molecular weight excluding hydrogens is 354 g/mol. The summed E-state index contributed by atoms with van der Waals surface area (Å²) in [6.45, 7) is 0.587. The van der Waals surface area contributed by atoms with Crippen LogP contribution in [0.4, 0.5) is 0 Å². The van der Waals surface area contributed by atoms with Crippen molar-refractivity contribution in [1.29, 1.82) is 0 Å². The molecule has 0 unspecified atom stereocenters. The molecule has 1 fully saturated rings. The van der Waals surface area contributed by atoms with Crippen molar-refractivity contribution in [3.8, 4) is 0 Å². The minimum atomic E-state index is -0.245. The Hall–Kier alpha value is -3.48. The van der Waals surface area contributed by atoms with Crippen molar-refractivity contribution in [1.82, 2.24) is 24.6 Å². The van der Waals surface area contributed by atoms with Gasteiger partial charge in [-0.2, -0.15) is 5.10 Å². The number of aromatic amines is 1. The average molecular weight is 373 g/mol. The minimum Gasteiger partial charge on any atom is -0.340 e. The number of likely N-dealkylation sites (tertiary alicyclic amines) is 1. The van der Waals surface area contributed by atoms with E-state index in [0.29, 0.717) is 11.9 Å². The van der Waals surface area contributed by atoms with E-state index < -0.39 is 0 Å². The lowest BCUT2D eigenvalue weighted by Crippen LogP contribution is -2.37. The van der Waals surface area contributed by atoms with Gasteiger partial charge >= 0.3 is 0 Å². The quantitative estimate of drug-likeness (QED) is 0.598. The third-order valence-corrected chi connectivity index (χ3v) is 5.34. The zero-order valence-electron chi connectivity index (χ0n) is 15.2. The molecule has 0 radical (unpaired) electrons. The average Bonchev–Trinajstić information content (AvgIpc) is 3.37. The van der Waals surface area contributed by atoms with Crippen LogP contribution in [0.2, 0.25) is 0 Å². The molecule has 4 aromatic rings. The lowest BCUT2D eigenvalue weighted by Gasteiger charge is -2.23. The Morgan fingerprint density at radius 1 is 1.14 bits per heavy atom. The Kier molecular flexibility index (Phi) is 3.93. The van der Waals surface area contributed by atoms with E-state index in [0.717, 1.165) is 35.1 Å². The van der Waals surface area contributed by atoms with Crippen molar-refractivity contribution in [2.24, 2.45) is 0 Å². The minimum absolute atomic E-state index is 0.0691. The number of para-hydroxylation sites is 2. The normalized spacial score (nSPS) is 16.9. The third kappa shape index (κ3) is 2.76. The van der Waals surface area contributed by atoms with E-state index in [2.05, 4.69) is 15.1 Å². The molecule has 1 atom stereocenters. The number of carbonyl (C=O) groups is 1. The molecule has 2 aromatic carbocycles. The molecule has 2 aromatic heterocycles. The zero-order valence-corrected chi connectivity index (χ0v) is 15.2. The lowest BCUT2D eigenvalue weighted by atomic mass is 10.2. The van der Waals surface area contributed by atoms with Gasteiger partial charge in [0.2, 0.25) is 5.91 Å². The molecular formula is C21H19N5O2. The molecule has 1 N–H and O–H groups in total. The van der Waals surface area contributed by atoms with Gasteiger partial charge in [0, 0.05) is 11.9 Å². The monoisotopic (exact) mass is 373 g/mol. The second kappa shape index (κ2) is 6.60. The fraction of sp³-hybridized carbons (Fsp3) is 0.238. The van der Waals surface area contributed by atoms with E-state index in [4.69, 9.17) is 0 Å². The van der Waals surface area contributed by atoms with Crippen molar-refractivity contribution >= 4 is 27.7 Å². The highest BCUT2D eigenvalue weighted by Crippen LogP contribution is 2.31. The second-order valence-corrected chi connectivity index (χ2v) is 7.08. The van der Waals surface area contributed by atoms with Crippen molar-refractivity contribution in [2.75, 3.05) is 6.54 Å². The number of fused-ring (bicyclic) bond motifs is 2. The maximum atomic E-state index is 13.0. The van der Waals surface area contributed by atoms with Crippen LogP contribution in [0.15, 0.2) is 59.5 Å². The van der Waals surface area contributed by atoms with Crippen LogP contribution in [-0.4, -0.2) is 37.1 Å². The molecule has 0 saturated carbocycles. The van der Waals surface area contributed by atoms with Gasteiger partial charge in [0.05, 0.1) is 28.7 Å². The van der Waals surface area contributed by atoms with Crippen LogP contribution in [0.5, 0.6) is 0 Å². The summed E-state index contributed by atoms with van der Waals surface area (Å²) in [5, 5.41) is 5.53. The summed E-state index contributed by atoms with van der Waals surface area (Å²) in [4.78, 5) is 35.4. The molecule has 7 heteroatoms. The topological polar surface area (TPSA) is 83.9 Å². The molecule has 0 bridgehead atoms. The highest BCUT2D eigenvalue weighted by molar-refractivity contribution is 5.81. The van der Waals surface area contributed by atoms with Crippen LogP contribution in [0.1, 0.15) is 24.7 Å². The van der Waals surface area contributed by atoms with Gasteiger partial charge in [-0.25, -0.2) is 9.67 Å². The smallest absolute Gasteiger partial charge is 0.275 e. The summed E-state index contributed by atoms with van der Waals surface area (Å²) in [7, 11) is 0. The number of hydrogen-bond acceptors (Lipinski definition) is 4. The van der Waals surface area contributed by atoms with E-state index in [9.17, 15) is 9.59 Å². The van der Waals surface area contributed by atoms with E-state index in [1.165, 1.54) is 4.68 Å². The SMILES string of the molecule is O=C(Cn1ncc2ccccc2c1=O)N1CCC[C@@H]1c1nc2ccccc2[nH]1. The molecule has 5 rings (SSSR count). The molecule has 1 saturated heterocycles. The molecule has 1 amide bonds. The highest BCUT2D eigenvalue weighted by atomic mass is 16.2. The first kappa shape index (κ1) is 16.7. The zero-order chi connectivity index (χ0) is 19.1. The summed E-state index contributed by atoms with van der Waals surface area (Å²) < 4.78 is 1.25. The molecule has 140 valence electrons. The first-order valence-corrected chi connectivity index (χ1v) is 9.40. The number of H-pyrrole nitrogens is 1. The Bertz CT molecular complexity index is 1210. The molecule has 0 spiro atoms. The summed E-state index contributed by atoms with van der Waals surface area (Å²) in [6, 6.07) is 15.0. The number of nitrogens with zero attached hydrogens (tertiary/aromatic N) is 4. The van der Waals surface area contributed by atoms with Crippen molar-refractivity contribution in [2.45, 2.75) is 25.4 Å². The number of benzene rings is 2. The summed E-state index contributed by atoms with van der Waals surface area (Å²) >= 11 is 0. The van der Waals surface area contributed by atoms with Gasteiger partial charge in [0.15, 0.2) is 0 Å². The molecule has 1 aliphatic heterocycles. The Labute approximate surface area is 160 Å². The van der Waals surface area contributed by atoms with Crippen molar-refractivity contribution < 1.29 is 4.79 Å².